The molecule has 0 fully saturated rings. The van der Waals surface area contributed by atoms with Crippen molar-refractivity contribution in [3.63, 3.8) is 0 Å². The molecule has 31 heavy (non-hydrogen) atoms. The van der Waals surface area contributed by atoms with Crippen LogP contribution in [0.4, 0.5) is 17.1 Å². The molecule has 5 N–H and O–H groups in total. The van der Waals surface area contributed by atoms with Gasteiger partial charge < -0.3 is 10.8 Å². The Labute approximate surface area is 226 Å². The van der Waals surface area contributed by atoms with E-state index in [4.69, 9.17) is 17.3 Å². The number of nitrogens with zero attached hydrogens (tertiary/aromatic N) is 2. The minimum absolute atomic E-state index is 0. The number of fused-ring (bicyclic) bond motifs is 1. The van der Waals surface area contributed by atoms with Crippen LogP contribution in [0, 0.1) is 0 Å². The number of nitrogen functional groups attached to an aromatic ring is 1. The van der Waals surface area contributed by atoms with E-state index in [-0.39, 0.29) is 92.0 Å². The third kappa shape index (κ3) is 6.39. The van der Waals surface area contributed by atoms with Crippen molar-refractivity contribution >= 4 is 119 Å². The predicted octanol–water partition coefficient (Wildman–Crippen LogP) is 2.93. The summed E-state index contributed by atoms with van der Waals surface area (Å²) in [6.07, 6.45) is 0. The van der Waals surface area contributed by atoms with Gasteiger partial charge in [0.15, 0.2) is 0 Å². The van der Waals surface area contributed by atoms with E-state index in [0.29, 0.717) is 0 Å². The average molecular weight is 504 g/mol. The third-order valence-corrected chi connectivity index (χ3v) is 5.78. The summed E-state index contributed by atoms with van der Waals surface area (Å²) in [5.74, 6) is -0.553. The van der Waals surface area contributed by atoms with Crippen LogP contribution < -0.4 is 5.73 Å². The topological polar surface area (TPSA) is 180 Å². The Bertz CT molecular complexity index is 1400. The smallest absolute Gasteiger partial charge is 0.296 e. The molecule has 0 atom stereocenters. The molecule has 0 heterocycles. The molecule has 2 radical (unpaired) electrons. The summed E-state index contributed by atoms with van der Waals surface area (Å²) in [6, 6.07) is 8.16. The minimum Gasteiger partial charge on any atom is -0.507 e. The second-order valence-corrected chi connectivity index (χ2v) is 9.05. The van der Waals surface area contributed by atoms with Gasteiger partial charge in [-0.1, -0.05) is 17.7 Å². The van der Waals surface area contributed by atoms with Crippen molar-refractivity contribution in [3.05, 3.63) is 47.5 Å². The fourth-order valence-electron chi connectivity index (χ4n) is 2.55. The number of anilines is 1. The van der Waals surface area contributed by atoms with Gasteiger partial charge in [-0.15, -0.1) is 10.2 Å². The Hall–Kier alpha value is -0.770. The SMILES string of the molecule is Nc1ccc2cc(S(=O)(=O)O)cc(O)c2c1N=Nc1ccc(Cl)cc1S(=O)(=O)O.[Na].[Na]. The monoisotopic (exact) mass is 503 g/mol. The van der Waals surface area contributed by atoms with Gasteiger partial charge in [-0.3, -0.25) is 9.11 Å². The van der Waals surface area contributed by atoms with Gasteiger partial charge >= 0.3 is 0 Å². The van der Waals surface area contributed by atoms with Crippen molar-refractivity contribution in [3.8, 4) is 5.75 Å². The molecule has 3 aromatic carbocycles. The Morgan fingerprint density at radius 1 is 0.871 bits per heavy atom. The summed E-state index contributed by atoms with van der Waals surface area (Å²) < 4.78 is 64.3. The first-order chi connectivity index (χ1) is 13.4. The maximum Gasteiger partial charge on any atom is 0.296 e. The van der Waals surface area contributed by atoms with Crippen molar-refractivity contribution in [2.24, 2.45) is 10.2 Å². The van der Waals surface area contributed by atoms with Gasteiger partial charge in [0.1, 0.15) is 22.0 Å². The van der Waals surface area contributed by atoms with Crippen LogP contribution in [0.15, 0.2) is 62.5 Å². The molecule has 154 valence electrons. The maximum atomic E-state index is 11.5. The van der Waals surface area contributed by atoms with E-state index in [9.17, 15) is 31.0 Å². The molecule has 0 saturated heterocycles. The van der Waals surface area contributed by atoms with E-state index in [0.717, 1.165) is 18.2 Å². The summed E-state index contributed by atoms with van der Waals surface area (Å²) in [5.41, 5.74) is 5.58. The molecule has 0 aromatic heterocycles. The van der Waals surface area contributed by atoms with Gasteiger partial charge in [-0.2, -0.15) is 16.8 Å². The van der Waals surface area contributed by atoms with Gasteiger partial charge in [0.25, 0.3) is 20.2 Å². The fraction of sp³-hybridized carbons (Fsp3) is 0. The van der Waals surface area contributed by atoms with Crippen LogP contribution in [-0.4, -0.2) is 90.2 Å². The van der Waals surface area contributed by atoms with Gasteiger partial charge in [0.05, 0.1) is 16.0 Å². The zero-order valence-electron chi connectivity index (χ0n) is 16.2. The molecule has 0 spiro atoms. The van der Waals surface area contributed by atoms with Crippen molar-refractivity contribution in [2.75, 3.05) is 5.73 Å². The average Bonchev–Trinajstić information content (AvgIpc) is 2.60. The van der Waals surface area contributed by atoms with Crippen LogP contribution in [0.25, 0.3) is 10.8 Å². The maximum absolute atomic E-state index is 11.5. The van der Waals surface area contributed by atoms with Crippen molar-refractivity contribution in [2.45, 2.75) is 9.79 Å². The zero-order valence-corrected chi connectivity index (χ0v) is 22.6. The molecular formula is C16H12ClN3Na2O7S2. The molecule has 10 nitrogen and oxygen atoms in total. The molecule has 0 amide bonds. The number of hydrogen-bond donors (Lipinski definition) is 4. The molecule has 0 bridgehead atoms. The normalized spacial score (nSPS) is 11.8. The van der Waals surface area contributed by atoms with Crippen LogP contribution in [0.1, 0.15) is 0 Å². The Morgan fingerprint density at radius 2 is 1.52 bits per heavy atom. The molecular weight excluding hydrogens is 492 g/mol. The molecule has 3 rings (SSSR count). The van der Waals surface area contributed by atoms with Gasteiger partial charge in [-0.25, -0.2) is 0 Å². The summed E-state index contributed by atoms with van der Waals surface area (Å²) >= 11 is 5.75. The number of phenols is 1. The first-order valence-corrected chi connectivity index (χ1v) is 10.9. The van der Waals surface area contributed by atoms with E-state index in [1.807, 2.05) is 0 Å². The largest absolute Gasteiger partial charge is 0.507 e. The van der Waals surface area contributed by atoms with E-state index in [1.54, 1.807) is 0 Å². The van der Waals surface area contributed by atoms with Crippen molar-refractivity contribution in [1.29, 1.82) is 0 Å². The first kappa shape index (κ1) is 28.3. The van der Waals surface area contributed by atoms with Crippen LogP contribution in [0.3, 0.4) is 0 Å². The molecule has 15 heteroatoms. The van der Waals surface area contributed by atoms with Gasteiger partial charge in [-0.05, 0) is 35.7 Å². The summed E-state index contributed by atoms with van der Waals surface area (Å²) in [5, 5.41) is 18.1. The summed E-state index contributed by atoms with van der Waals surface area (Å²) in [6.45, 7) is 0. The molecule has 0 unspecified atom stereocenters. The number of rotatable bonds is 4. The van der Waals surface area contributed by atoms with Crippen LogP contribution >= 0.6 is 11.6 Å². The number of aromatic hydroxyl groups is 1. The molecule has 0 aliphatic heterocycles. The van der Waals surface area contributed by atoms with Crippen molar-refractivity contribution in [1.82, 2.24) is 0 Å². The Kier molecular flexibility index (Phi) is 9.52. The number of phenolic OH excluding ortho intramolecular Hbond substituents is 1. The van der Waals surface area contributed by atoms with E-state index in [2.05, 4.69) is 10.2 Å². The molecule has 0 saturated carbocycles. The molecule has 0 aliphatic rings. The minimum atomic E-state index is -4.66. The number of benzene rings is 3. The van der Waals surface area contributed by atoms with Crippen molar-refractivity contribution < 1.29 is 31.0 Å². The van der Waals surface area contributed by atoms with Gasteiger partial charge in [0.2, 0.25) is 0 Å². The van der Waals surface area contributed by atoms with E-state index < -0.39 is 35.8 Å². The fourth-order valence-corrected chi connectivity index (χ4v) is 3.97. The standard InChI is InChI=1S/C16H12ClN3O7S2.2Na/c17-9-2-4-12(14(6-9)29(25,26)27)19-20-16-11(18)3-1-8-5-10(28(22,23)24)7-13(21)15(8)16;;/h1-7,21H,18H2,(H,22,23,24)(H,25,26,27);;. The zero-order chi connectivity index (χ0) is 21.6. The number of halogens is 1. The van der Waals surface area contributed by atoms with Crippen LogP contribution in [0.2, 0.25) is 5.02 Å². The predicted molar refractivity (Wildman–Crippen MR) is 117 cm³/mol. The molecule has 3 aromatic rings. The van der Waals surface area contributed by atoms with Crippen LogP contribution in [0.5, 0.6) is 5.75 Å². The van der Waals surface area contributed by atoms with Gasteiger partial charge in [0, 0.05) is 70.2 Å². The summed E-state index contributed by atoms with van der Waals surface area (Å²) in [7, 11) is -9.23. The Morgan fingerprint density at radius 3 is 2.10 bits per heavy atom. The van der Waals surface area contributed by atoms with Crippen LogP contribution in [-0.2, 0) is 20.2 Å². The second-order valence-electron chi connectivity index (χ2n) is 5.81. The first-order valence-electron chi connectivity index (χ1n) is 7.59. The molecule has 0 aliphatic carbocycles. The van der Waals surface area contributed by atoms with E-state index in [1.165, 1.54) is 24.3 Å². The number of nitrogens with two attached hydrogens (primary N) is 1. The van der Waals surface area contributed by atoms with E-state index >= 15 is 0 Å². The second kappa shape index (κ2) is 10.4. The summed E-state index contributed by atoms with van der Waals surface area (Å²) in [4.78, 5) is -1.13. The quantitative estimate of drug-likeness (QED) is 0.181. The number of hydrogen-bond acceptors (Lipinski definition) is 8. The third-order valence-electron chi connectivity index (χ3n) is 3.83. The Balaban J connectivity index is 0.00000240. The number of azo groups is 1.